The van der Waals surface area contributed by atoms with Crippen LogP contribution in [-0.4, -0.2) is 28.9 Å². The first kappa shape index (κ1) is 19.0. The van der Waals surface area contributed by atoms with E-state index in [2.05, 4.69) is 14.7 Å². The lowest BCUT2D eigenvalue weighted by Gasteiger charge is -2.18. The second-order valence-corrected chi connectivity index (χ2v) is 7.08. The number of nitrogens with one attached hydrogen (secondary N) is 1. The molecule has 0 aliphatic heterocycles. The topological polar surface area (TPSA) is 58.1 Å². The summed E-state index contributed by atoms with van der Waals surface area (Å²) in [7, 11) is 1.81. The lowest BCUT2D eigenvalue weighted by Crippen LogP contribution is -2.36. The van der Waals surface area contributed by atoms with E-state index in [1.54, 1.807) is 17.0 Å². The summed E-state index contributed by atoms with van der Waals surface area (Å²) in [6.07, 6.45) is 0.530. The Morgan fingerprint density at radius 3 is 2.59 bits per heavy atom. The van der Waals surface area contributed by atoms with E-state index in [-0.39, 0.29) is 24.3 Å². The van der Waals surface area contributed by atoms with Gasteiger partial charge in [-0.2, -0.15) is 4.37 Å². The van der Waals surface area contributed by atoms with E-state index in [4.69, 9.17) is 0 Å². The Morgan fingerprint density at radius 2 is 1.89 bits per heavy atom. The van der Waals surface area contributed by atoms with Gasteiger partial charge < -0.3 is 10.2 Å². The van der Waals surface area contributed by atoms with Crippen LogP contribution in [0, 0.1) is 5.82 Å². The molecule has 3 rings (SSSR count). The van der Waals surface area contributed by atoms with Crippen molar-refractivity contribution in [3.05, 3.63) is 77.4 Å². The van der Waals surface area contributed by atoms with Gasteiger partial charge in [-0.05, 0) is 30.2 Å². The largest absolute Gasteiger partial charge is 0.348 e. The number of nitrogens with zero attached hydrogens (tertiary/aromatic N) is 3. The quantitative estimate of drug-likeness (QED) is 0.676. The van der Waals surface area contributed by atoms with Crippen LogP contribution < -0.4 is 10.2 Å². The zero-order valence-corrected chi connectivity index (χ0v) is 16.0. The lowest BCUT2D eigenvalue weighted by molar-refractivity contribution is -0.120. The van der Waals surface area contributed by atoms with Crippen molar-refractivity contribution in [3.8, 4) is 0 Å². The number of hydrogen-bond donors (Lipinski definition) is 1. The van der Waals surface area contributed by atoms with E-state index in [1.165, 1.54) is 23.7 Å². The van der Waals surface area contributed by atoms with Gasteiger partial charge in [0, 0.05) is 25.0 Å². The highest BCUT2D eigenvalue weighted by molar-refractivity contribution is 7.09. The van der Waals surface area contributed by atoms with E-state index < -0.39 is 0 Å². The zero-order chi connectivity index (χ0) is 19.2. The number of hydrogen-bond acceptors (Lipinski definition) is 5. The van der Waals surface area contributed by atoms with Gasteiger partial charge in [0.15, 0.2) is 0 Å². The molecule has 27 heavy (non-hydrogen) atoms. The van der Waals surface area contributed by atoms with Crippen molar-refractivity contribution in [3.63, 3.8) is 0 Å². The van der Waals surface area contributed by atoms with Gasteiger partial charge in [-0.15, -0.1) is 0 Å². The number of carbonyl (C=O) groups excluding carboxylic acids is 1. The van der Waals surface area contributed by atoms with Gasteiger partial charge in [0.05, 0.1) is 12.6 Å². The molecule has 0 radical (unpaired) electrons. The van der Waals surface area contributed by atoms with E-state index >= 15 is 0 Å². The molecule has 1 atom stereocenters. The third-order valence-electron chi connectivity index (χ3n) is 4.12. The summed E-state index contributed by atoms with van der Waals surface area (Å²) in [6, 6.07) is 16.1. The van der Waals surface area contributed by atoms with Crippen molar-refractivity contribution in [2.75, 3.05) is 18.5 Å². The van der Waals surface area contributed by atoms with Crippen LogP contribution in [0.3, 0.4) is 0 Å². The number of anilines is 1. The standard InChI is InChI=1S/C20H21FN4OS/c1-14(16-6-4-3-5-7-16)22-19(26)13-25(2)20-23-18(24-27-20)12-15-8-10-17(21)11-9-15/h3-11,14H,12-13H2,1-2H3,(H,22,26). The minimum Gasteiger partial charge on any atom is -0.348 e. The van der Waals surface area contributed by atoms with Gasteiger partial charge in [-0.25, -0.2) is 9.37 Å². The Morgan fingerprint density at radius 1 is 1.19 bits per heavy atom. The molecular weight excluding hydrogens is 363 g/mol. The van der Waals surface area contributed by atoms with Gasteiger partial charge in [0.1, 0.15) is 11.6 Å². The Bertz CT molecular complexity index is 883. The van der Waals surface area contributed by atoms with Crippen LogP contribution in [-0.2, 0) is 11.2 Å². The molecule has 0 saturated carbocycles. The third-order valence-corrected chi connectivity index (χ3v) is 4.99. The number of likely N-dealkylation sites (N-methyl/N-ethyl adjacent to an activating group) is 1. The summed E-state index contributed by atoms with van der Waals surface area (Å²) in [4.78, 5) is 18.6. The van der Waals surface area contributed by atoms with Crippen LogP contribution in [0.25, 0.3) is 0 Å². The molecule has 1 amide bonds. The molecule has 140 valence electrons. The van der Waals surface area contributed by atoms with Crippen LogP contribution in [0.2, 0.25) is 0 Å². The van der Waals surface area contributed by atoms with E-state index in [0.717, 1.165) is 11.1 Å². The van der Waals surface area contributed by atoms with Gasteiger partial charge in [-0.1, -0.05) is 42.5 Å². The maximum atomic E-state index is 13.0. The smallest absolute Gasteiger partial charge is 0.240 e. The zero-order valence-electron chi connectivity index (χ0n) is 15.2. The average Bonchev–Trinajstić information content (AvgIpc) is 3.13. The number of carbonyl (C=O) groups is 1. The van der Waals surface area contributed by atoms with E-state index in [1.807, 2.05) is 44.3 Å². The molecule has 1 N–H and O–H groups in total. The van der Waals surface area contributed by atoms with Gasteiger partial charge in [0.25, 0.3) is 0 Å². The van der Waals surface area contributed by atoms with Crippen molar-refractivity contribution in [2.45, 2.75) is 19.4 Å². The first-order valence-electron chi connectivity index (χ1n) is 8.64. The molecule has 0 aliphatic carbocycles. The third kappa shape index (κ3) is 5.34. The lowest BCUT2D eigenvalue weighted by atomic mass is 10.1. The predicted molar refractivity (Wildman–Crippen MR) is 105 cm³/mol. The molecule has 0 bridgehead atoms. The van der Waals surface area contributed by atoms with E-state index in [9.17, 15) is 9.18 Å². The number of amides is 1. The van der Waals surface area contributed by atoms with Gasteiger partial charge in [0.2, 0.25) is 11.0 Å². The summed E-state index contributed by atoms with van der Waals surface area (Å²) >= 11 is 1.25. The van der Waals surface area contributed by atoms with E-state index in [0.29, 0.717) is 17.4 Å². The van der Waals surface area contributed by atoms with Gasteiger partial charge >= 0.3 is 0 Å². The minimum absolute atomic E-state index is 0.0597. The van der Waals surface area contributed by atoms with Crippen LogP contribution >= 0.6 is 11.5 Å². The van der Waals surface area contributed by atoms with Crippen molar-refractivity contribution in [1.82, 2.24) is 14.7 Å². The Hall–Kier alpha value is -2.80. The maximum Gasteiger partial charge on any atom is 0.240 e. The fourth-order valence-corrected chi connectivity index (χ4v) is 3.29. The molecule has 2 aromatic carbocycles. The monoisotopic (exact) mass is 384 g/mol. The van der Waals surface area contributed by atoms with Crippen molar-refractivity contribution in [2.24, 2.45) is 0 Å². The van der Waals surface area contributed by atoms with Crippen LogP contribution in [0.5, 0.6) is 0 Å². The second kappa shape index (κ2) is 8.73. The number of halogens is 1. The fourth-order valence-electron chi connectivity index (χ4n) is 2.65. The molecule has 0 saturated heterocycles. The minimum atomic E-state index is -0.263. The molecule has 1 heterocycles. The molecule has 0 spiro atoms. The predicted octanol–water partition coefficient (Wildman–Crippen LogP) is 3.58. The Labute approximate surface area is 162 Å². The molecule has 5 nitrogen and oxygen atoms in total. The Kier molecular flexibility index (Phi) is 6.13. The van der Waals surface area contributed by atoms with Crippen LogP contribution in [0.15, 0.2) is 54.6 Å². The highest BCUT2D eigenvalue weighted by atomic mass is 32.1. The highest BCUT2D eigenvalue weighted by Crippen LogP contribution is 2.18. The normalized spacial score (nSPS) is 11.8. The highest BCUT2D eigenvalue weighted by Gasteiger charge is 2.15. The summed E-state index contributed by atoms with van der Waals surface area (Å²) < 4.78 is 17.3. The summed E-state index contributed by atoms with van der Waals surface area (Å²) in [5.41, 5.74) is 2.00. The molecule has 1 aromatic heterocycles. The molecule has 3 aromatic rings. The average molecular weight is 384 g/mol. The van der Waals surface area contributed by atoms with Crippen molar-refractivity contribution >= 4 is 22.6 Å². The maximum absolute atomic E-state index is 13.0. The summed E-state index contributed by atoms with van der Waals surface area (Å²) in [5.74, 6) is 0.316. The number of benzene rings is 2. The molecule has 1 unspecified atom stereocenters. The van der Waals surface area contributed by atoms with Crippen molar-refractivity contribution < 1.29 is 9.18 Å². The summed E-state index contributed by atoms with van der Waals surface area (Å²) in [5, 5.41) is 3.66. The molecular formula is C20H21FN4OS. The second-order valence-electron chi connectivity index (χ2n) is 6.35. The van der Waals surface area contributed by atoms with Gasteiger partial charge in [-0.3, -0.25) is 4.79 Å². The molecule has 0 fully saturated rings. The number of aromatic nitrogens is 2. The SMILES string of the molecule is CC(NC(=O)CN(C)c1nc(Cc2ccc(F)cc2)ns1)c1ccccc1. The van der Waals surface area contributed by atoms with Crippen LogP contribution in [0.4, 0.5) is 9.52 Å². The molecule has 0 aliphatic rings. The molecule has 7 heteroatoms. The first-order chi connectivity index (χ1) is 13.0. The summed E-state index contributed by atoms with van der Waals surface area (Å²) in [6.45, 7) is 2.15. The number of rotatable bonds is 7. The first-order valence-corrected chi connectivity index (χ1v) is 9.41. The fraction of sp³-hybridized carbons (Fsp3) is 0.250. The van der Waals surface area contributed by atoms with Crippen molar-refractivity contribution in [1.29, 1.82) is 0 Å². The van der Waals surface area contributed by atoms with Crippen LogP contribution in [0.1, 0.15) is 29.9 Å². The Balaban J connectivity index is 1.55.